The van der Waals surface area contributed by atoms with Gasteiger partial charge in [-0.15, -0.1) is 0 Å². The Labute approximate surface area is 128 Å². The molecule has 0 saturated heterocycles. The van der Waals surface area contributed by atoms with Crippen LogP contribution in [0.2, 0.25) is 0 Å². The van der Waals surface area contributed by atoms with Crippen LogP contribution in [0.25, 0.3) is 10.9 Å². The third-order valence-electron chi connectivity index (χ3n) is 3.41. The number of rotatable bonds is 5. The number of ether oxygens (including phenoxy) is 1. The Balaban J connectivity index is 1.52. The SMILES string of the molecule is O=C(NCCNc1ncnc2ccccc12)C1=CCCCO1. The second-order valence-electron chi connectivity index (χ2n) is 4.98. The van der Waals surface area contributed by atoms with Gasteiger partial charge < -0.3 is 15.4 Å². The van der Waals surface area contributed by atoms with Crippen LogP contribution in [0.1, 0.15) is 12.8 Å². The summed E-state index contributed by atoms with van der Waals surface area (Å²) in [6, 6.07) is 7.80. The number of allylic oxidation sites excluding steroid dienone is 1. The van der Waals surface area contributed by atoms with E-state index in [1.807, 2.05) is 30.3 Å². The first-order valence-corrected chi connectivity index (χ1v) is 7.39. The quantitative estimate of drug-likeness (QED) is 0.824. The molecule has 1 aromatic heterocycles. The highest BCUT2D eigenvalue weighted by molar-refractivity contribution is 5.91. The normalized spacial score (nSPS) is 14.1. The zero-order valence-electron chi connectivity index (χ0n) is 12.2. The van der Waals surface area contributed by atoms with Gasteiger partial charge in [0, 0.05) is 18.5 Å². The maximum absolute atomic E-state index is 11.9. The highest BCUT2D eigenvalue weighted by Crippen LogP contribution is 2.17. The zero-order valence-corrected chi connectivity index (χ0v) is 12.2. The summed E-state index contributed by atoms with van der Waals surface area (Å²) in [5.74, 6) is 1.04. The van der Waals surface area contributed by atoms with Crippen molar-refractivity contribution < 1.29 is 9.53 Å². The summed E-state index contributed by atoms with van der Waals surface area (Å²) in [7, 11) is 0. The zero-order chi connectivity index (χ0) is 15.2. The number of amides is 1. The van der Waals surface area contributed by atoms with Crippen molar-refractivity contribution in [3.8, 4) is 0 Å². The third-order valence-corrected chi connectivity index (χ3v) is 3.41. The molecule has 6 heteroatoms. The molecule has 2 aromatic rings. The van der Waals surface area contributed by atoms with E-state index in [0.717, 1.165) is 29.6 Å². The molecule has 0 aliphatic carbocycles. The summed E-state index contributed by atoms with van der Waals surface area (Å²) in [5.41, 5.74) is 0.893. The van der Waals surface area contributed by atoms with Crippen molar-refractivity contribution in [3.05, 3.63) is 42.4 Å². The van der Waals surface area contributed by atoms with Crippen LogP contribution in [0.15, 0.2) is 42.4 Å². The fourth-order valence-corrected chi connectivity index (χ4v) is 2.31. The number of hydrogen-bond donors (Lipinski definition) is 2. The monoisotopic (exact) mass is 298 g/mol. The average Bonchev–Trinajstić information content (AvgIpc) is 2.59. The number of benzene rings is 1. The van der Waals surface area contributed by atoms with E-state index in [2.05, 4.69) is 20.6 Å². The van der Waals surface area contributed by atoms with Crippen LogP contribution in [0.4, 0.5) is 5.82 Å². The Hall–Kier alpha value is -2.63. The maximum atomic E-state index is 11.9. The molecule has 1 aliphatic rings. The van der Waals surface area contributed by atoms with Crippen molar-refractivity contribution in [3.63, 3.8) is 0 Å². The molecule has 0 saturated carbocycles. The van der Waals surface area contributed by atoms with E-state index in [1.165, 1.54) is 6.33 Å². The van der Waals surface area contributed by atoms with E-state index in [-0.39, 0.29) is 5.91 Å². The lowest BCUT2D eigenvalue weighted by Gasteiger charge is -2.14. The number of nitrogens with one attached hydrogen (secondary N) is 2. The molecule has 0 unspecified atom stereocenters. The molecule has 22 heavy (non-hydrogen) atoms. The molecule has 1 aromatic carbocycles. The number of para-hydroxylation sites is 1. The molecule has 114 valence electrons. The number of aromatic nitrogens is 2. The number of carbonyl (C=O) groups is 1. The topological polar surface area (TPSA) is 76.1 Å². The van der Waals surface area contributed by atoms with Crippen molar-refractivity contribution >= 4 is 22.6 Å². The highest BCUT2D eigenvalue weighted by atomic mass is 16.5. The van der Waals surface area contributed by atoms with Gasteiger partial charge in [0.1, 0.15) is 12.1 Å². The summed E-state index contributed by atoms with van der Waals surface area (Å²) in [5, 5.41) is 7.02. The Bertz CT molecular complexity index is 694. The fraction of sp³-hybridized carbons (Fsp3) is 0.312. The predicted octanol–water partition coefficient (Wildman–Crippen LogP) is 1.85. The Morgan fingerprint density at radius 3 is 3.00 bits per heavy atom. The van der Waals surface area contributed by atoms with Gasteiger partial charge in [0.2, 0.25) is 0 Å². The van der Waals surface area contributed by atoms with Crippen LogP contribution >= 0.6 is 0 Å². The van der Waals surface area contributed by atoms with Crippen LogP contribution in [-0.2, 0) is 9.53 Å². The van der Waals surface area contributed by atoms with Crippen molar-refractivity contribution in [1.82, 2.24) is 15.3 Å². The van der Waals surface area contributed by atoms with Gasteiger partial charge in [0.25, 0.3) is 5.91 Å². The number of fused-ring (bicyclic) bond motifs is 1. The highest BCUT2D eigenvalue weighted by Gasteiger charge is 2.12. The van der Waals surface area contributed by atoms with Crippen LogP contribution in [0.3, 0.4) is 0 Å². The van der Waals surface area contributed by atoms with Gasteiger partial charge in [-0.3, -0.25) is 4.79 Å². The van der Waals surface area contributed by atoms with Crippen LogP contribution in [-0.4, -0.2) is 35.6 Å². The lowest BCUT2D eigenvalue weighted by atomic mass is 10.2. The van der Waals surface area contributed by atoms with Crippen molar-refractivity contribution in [2.24, 2.45) is 0 Å². The van der Waals surface area contributed by atoms with Crippen LogP contribution in [0, 0.1) is 0 Å². The minimum atomic E-state index is -0.158. The van der Waals surface area contributed by atoms with Gasteiger partial charge in [-0.1, -0.05) is 12.1 Å². The maximum Gasteiger partial charge on any atom is 0.286 e. The smallest absolute Gasteiger partial charge is 0.286 e. The molecule has 0 atom stereocenters. The predicted molar refractivity (Wildman–Crippen MR) is 84.3 cm³/mol. The third kappa shape index (κ3) is 3.33. The van der Waals surface area contributed by atoms with Gasteiger partial charge in [0.15, 0.2) is 5.76 Å². The molecule has 1 amide bonds. The molecule has 0 radical (unpaired) electrons. The van der Waals surface area contributed by atoms with E-state index < -0.39 is 0 Å². The molecular formula is C16H18N4O2. The first-order valence-electron chi connectivity index (χ1n) is 7.39. The summed E-state index contributed by atoms with van der Waals surface area (Å²) in [6.07, 6.45) is 5.24. The number of hydrogen-bond acceptors (Lipinski definition) is 5. The Morgan fingerprint density at radius 1 is 1.23 bits per heavy atom. The van der Waals surface area contributed by atoms with E-state index in [1.54, 1.807) is 0 Å². The number of carbonyl (C=O) groups excluding carboxylic acids is 1. The minimum Gasteiger partial charge on any atom is -0.488 e. The Morgan fingerprint density at radius 2 is 2.14 bits per heavy atom. The summed E-state index contributed by atoms with van der Waals surface area (Å²) in [4.78, 5) is 20.3. The van der Waals surface area contributed by atoms with Crippen LogP contribution < -0.4 is 10.6 Å². The molecular weight excluding hydrogens is 280 g/mol. The van der Waals surface area contributed by atoms with Gasteiger partial charge in [-0.05, 0) is 31.1 Å². The number of anilines is 1. The number of nitrogens with zero attached hydrogens (tertiary/aromatic N) is 2. The second-order valence-corrected chi connectivity index (χ2v) is 4.98. The molecule has 2 N–H and O–H groups in total. The molecule has 0 spiro atoms. The fourth-order valence-electron chi connectivity index (χ4n) is 2.31. The first-order chi connectivity index (χ1) is 10.8. The van der Waals surface area contributed by atoms with Crippen molar-refractivity contribution in [2.45, 2.75) is 12.8 Å². The summed E-state index contributed by atoms with van der Waals surface area (Å²) < 4.78 is 5.32. The average molecular weight is 298 g/mol. The summed E-state index contributed by atoms with van der Waals surface area (Å²) in [6.45, 7) is 1.70. The van der Waals surface area contributed by atoms with Gasteiger partial charge in [-0.2, -0.15) is 0 Å². The molecule has 6 nitrogen and oxygen atoms in total. The van der Waals surface area contributed by atoms with E-state index >= 15 is 0 Å². The van der Waals surface area contributed by atoms with Gasteiger partial charge in [-0.25, -0.2) is 9.97 Å². The van der Waals surface area contributed by atoms with E-state index in [4.69, 9.17) is 4.74 Å². The molecule has 3 rings (SSSR count). The van der Waals surface area contributed by atoms with Gasteiger partial charge >= 0.3 is 0 Å². The lowest BCUT2D eigenvalue weighted by molar-refractivity contribution is -0.121. The summed E-state index contributed by atoms with van der Waals surface area (Å²) >= 11 is 0. The van der Waals surface area contributed by atoms with E-state index in [9.17, 15) is 4.79 Å². The Kier molecular flexibility index (Phi) is 4.48. The van der Waals surface area contributed by atoms with E-state index in [0.29, 0.717) is 25.5 Å². The molecule has 0 fully saturated rings. The molecule has 2 heterocycles. The van der Waals surface area contributed by atoms with Crippen LogP contribution in [0.5, 0.6) is 0 Å². The first kappa shape index (κ1) is 14.3. The lowest BCUT2D eigenvalue weighted by Crippen LogP contribution is -2.31. The second kappa shape index (κ2) is 6.89. The largest absolute Gasteiger partial charge is 0.488 e. The standard InChI is InChI=1S/C16H18N4O2/c21-16(14-7-3-4-10-22-14)18-9-8-17-15-12-5-1-2-6-13(12)19-11-20-15/h1-2,5-7,11H,3-4,8-10H2,(H,18,21)(H,17,19,20). The molecule has 1 aliphatic heterocycles. The van der Waals surface area contributed by atoms with Crippen molar-refractivity contribution in [2.75, 3.05) is 25.0 Å². The van der Waals surface area contributed by atoms with Crippen molar-refractivity contribution in [1.29, 1.82) is 0 Å². The minimum absolute atomic E-state index is 0.158. The van der Waals surface area contributed by atoms with Gasteiger partial charge in [0.05, 0.1) is 12.1 Å². The molecule has 0 bridgehead atoms.